The Hall–Kier alpha value is -1.32. The Bertz CT molecular complexity index is 351. The Morgan fingerprint density at radius 2 is 2.00 bits per heavy atom. The molecule has 1 aromatic heterocycles. The van der Waals surface area contributed by atoms with E-state index < -0.39 is 0 Å². The molecule has 0 radical (unpaired) electrons. The average molecular weight is 221 g/mol. The molecule has 1 fully saturated rings. The lowest BCUT2D eigenvalue weighted by molar-refractivity contribution is -0.132. The summed E-state index contributed by atoms with van der Waals surface area (Å²) in [5.41, 5.74) is 1.04. The monoisotopic (exact) mass is 221 g/mol. The summed E-state index contributed by atoms with van der Waals surface area (Å²) in [6.45, 7) is 4.19. The maximum absolute atomic E-state index is 12.0. The fourth-order valence-electron chi connectivity index (χ4n) is 2.11. The summed E-state index contributed by atoms with van der Waals surface area (Å²) in [6.07, 6.45) is 6.54. The predicted molar refractivity (Wildman–Crippen MR) is 62.0 cm³/mol. The third kappa shape index (κ3) is 2.62. The van der Waals surface area contributed by atoms with Gasteiger partial charge >= 0.3 is 0 Å². The Kier molecular flexibility index (Phi) is 3.59. The second kappa shape index (κ2) is 5.14. The minimum atomic E-state index is 0.203. The fourth-order valence-corrected chi connectivity index (χ4v) is 2.11. The zero-order valence-electron chi connectivity index (χ0n) is 9.85. The van der Waals surface area contributed by atoms with Crippen LogP contribution in [0.3, 0.4) is 0 Å². The highest BCUT2D eigenvalue weighted by atomic mass is 16.2. The second-order valence-corrected chi connectivity index (χ2v) is 4.43. The fraction of sp³-hybridized carbons (Fsp3) is 0.667. The first kappa shape index (κ1) is 11.2. The highest BCUT2D eigenvalue weighted by Gasteiger charge is 2.16. The van der Waals surface area contributed by atoms with Crippen LogP contribution in [0.1, 0.15) is 31.4 Å². The molecule has 0 saturated carbocycles. The van der Waals surface area contributed by atoms with E-state index in [2.05, 4.69) is 5.10 Å². The van der Waals surface area contributed by atoms with E-state index in [1.807, 2.05) is 17.9 Å². The Labute approximate surface area is 96.2 Å². The SMILES string of the molecule is Cc1ccnn1CC(=O)N1CCCCCC1. The quantitative estimate of drug-likeness (QED) is 0.760. The van der Waals surface area contributed by atoms with E-state index in [-0.39, 0.29) is 5.91 Å². The van der Waals surface area contributed by atoms with Gasteiger partial charge in [0.1, 0.15) is 6.54 Å². The van der Waals surface area contributed by atoms with Gasteiger partial charge in [-0.3, -0.25) is 9.48 Å². The number of rotatable bonds is 2. The lowest BCUT2D eigenvalue weighted by atomic mass is 10.2. The first-order chi connectivity index (χ1) is 7.77. The number of hydrogen-bond donors (Lipinski definition) is 0. The molecule has 88 valence electrons. The van der Waals surface area contributed by atoms with Crippen LogP contribution in [0.15, 0.2) is 12.3 Å². The highest BCUT2D eigenvalue weighted by Crippen LogP contribution is 2.10. The summed E-state index contributed by atoms with van der Waals surface area (Å²) >= 11 is 0. The van der Waals surface area contributed by atoms with E-state index >= 15 is 0 Å². The van der Waals surface area contributed by atoms with Crippen molar-refractivity contribution in [1.29, 1.82) is 0 Å². The number of aryl methyl sites for hydroxylation is 1. The lowest BCUT2D eigenvalue weighted by Gasteiger charge is -2.20. The van der Waals surface area contributed by atoms with E-state index in [0.29, 0.717) is 6.54 Å². The number of nitrogens with zero attached hydrogens (tertiary/aromatic N) is 3. The van der Waals surface area contributed by atoms with Gasteiger partial charge in [0.15, 0.2) is 0 Å². The zero-order chi connectivity index (χ0) is 11.4. The highest BCUT2D eigenvalue weighted by molar-refractivity contribution is 5.76. The van der Waals surface area contributed by atoms with Crippen molar-refractivity contribution in [2.75, 3.05) is 13.1 Å². The van der Waals surface area contributed by atoms with Gasteiger partial charge in [-0.15, -0.1) is 0 Å². The van der Waals surface area contributed by atoms with Crippen LogP contribution in [0.25, 0.3) is 0 Å². The van der Waals surface area contributed by atoms with Crippen LogP contribution in [0.5, 0.6) is 0 Å². The smallest absolute Gasteiger partial charge is 0.244 e. The summed E-state index contributed by atoms with van der Waals surface area (Å²) in [4.78, 5) is 14.0. The van der Waals surface area contributed by atoms with E-state index in [4.69, 9.17) is 0 Å². The third-order valence-corrected chi connectivity index (χ3v) is 3.17. The summed E-state index contributed by atoms with van der Waals surface area (Å²) in [7, 11) is 0. The van der Waals surface area contributed by atoms with Crippen molar-refractivity contribution in [3.8, 4) is 0 Å². The molecule has 0 bridgehead atoms. The summed E-state index contributed by atoms with van der Waals surface area (Å²) in [5, 5.41) is 4.14. The number of likely N-dealkylation sites (tertiary alicyclic amines) is 1. The number of carbonyl (C=O) groups is 1. The molecule has 0 spiro atoms. The minimum absolute atomic E-state index is 0.203. The Morgan fingerprint density at radius 1 is 1.31 bits per heavy atom. The first-order valence-corrected chi connectivity index (χ1v) is 6.03. The van der Waals surface area contributed by atoms with E-state index in [1.165, 1.54) is 12.8 Å². The van der Waals surface area contributed by atoms with Crippen LogP contribution < -0.4 is 0 Å². The molecule has 4 heteroatoms. The van der Waals surface area contributed by atoms with Gasteiger partial charge in [-0.2, -0.15) is 5.10 Å². The van der Waals surface area contributed by atoms with Crippen LogP contribution in [-0.4, -0.2) is 33.7 Å². The van der Waals surface area contributed by atoms with E-state index in [0.717, 1.165) is 31.6 Å². The number of hydrogen-bond acceptors (Lipinski definition) is 2. The Morgan fingerprint density at radius 3 is 2.56 bits per heavy atom. The molecular weight excluding hydrogens is 202 g/mol. The van der Waals surface area contributed by atoms with Gasteiger partial charge in [-0.1, -0.05) is 12.8 Å². The molecule has 1 amide bonds. The average Bonchev–Trinajstić information content (AvgIpc) is 2.57. The maximum atomic E-state index is 12.0. The number of carbonyl (C=O) groups excluding carboxylic acids is 1. The topological polar surface area (TPSA) is 38.1 Å². The largest absolute Gasteiger partial charge is 0.341 e. The van der Waals surface area contributed by atoms with Gasteiger partial charge in [-0.05, 0) is 25.8 Å². The van der Waals surface area contributed by atoms with Crippen molar-refractivity contribution in [3.05, 3.63) is 18.0 Å². The number of aromatic nitrogens is 2. The molecule has 0 aliphatic carbocycles. The van der Waals surface area contributed by atoms with Gasteiger partial charge in [-0.25, -0.2) is 0 Å². The van der Waals surface area contributed by atoms with Crippen LogP contribution in [0.2, 0.25) is 0 Å². The van der Waals surface area contributed by atoms with Crippen LogP contribution >= 0.6 is 0 Å². The molecule has 0 N–H and O–H groups in total. The van der Waals surface area contributed by atoms with Crippen LogP contribution in [-0.2, 0) is 11.3 Å². The molecule has 16 heavy (non-hydrogen) atoms. The predicted octanol–water partition coefficient (Wildman–Crippen LogP) is 1.59. The molecule has 2 heterocycles. The van der Waals surface area contributed by atoms with Crippen molar-refractivity contribution >= 4 is 5.91 Å². The molecule has 0 unspecified atom stereocenters. The molecule has 0 aromatic carbocycles. The second-order valence-electron chi connectivity index (χ2n) is 4.43. The first-order valence-electron chi connectivity index (χ1n) is 6.03. The molecule has 1 aliphatic heterocycles. The summed E-state index contributed by atoms with van der Waals surface area (Å²) in [5.74, 6) is 0.203. The van der Waals surface area contributed by atoms with E-state index in [9.17, 15) is 4.79 Å². The normalized spacial score (nSPS) is 17.2. The maximum Gasteiger partial charge on any atom is 0.244 e. The lowest BCUT2D eigenvalue weighted by Crippen LogP contribution is -2.35. The Balaban J connectivity index is 1.94. The van der Waals surface area contributed by atoms with Gasteiger partial charge in [0, 0.05) is 25.0 Å². The van der Waals surface area contributed by atoms with Gasteiger partial charge in [0.25, 0.3) is 0 Å². The van der Waals surface area contributed by atoms with Crippen LogP contribution in [0, 0.1) is 6.92 Å². The number of amides is 1. The summed E-state index contributed by atoms with van der Waals surface area (Å²) in [6, 6.07) is 1.93. The molecule has 1 aromatic rings. The van der Waals surface area contributed by atoms with Crippen molar-refractivity contribution in [2.45, 2.75) is 39.2 Å². The van der Waals surface area contributed by atoms with Gasteiger partial charge < -0.3 is 4.90 Å². The van der Waals surface area contributed by atoms with Crippen molar-refractivity contribution in [3.63, 3.8) is 0 Å². The molecule has 4 nitrogen and oxygen atoms in total. The van der Waals surface area contributed by atoms with Crippen molar-refractivity contribution in [2.24, 2.45) is 0 Å². The summed E-state index contributed by atoms with van der Waals surface area (Å²) < 4.78 is 1.77. The van der Waals surface area contributed by atoms with Crippen molar-refractivity contribution in [1.82, 2.24) is 14.7 Å². The van der Waals surface area contributed by atoms with Gasteiger partial charge in [0.2, 0.25) is 5.91 Å². The van der Waals surface area contributed by atoms with E-state index in [1.54, 1.807) is 10.9 Å². The van der Waals surface area contributed by atoms with Gasteiger partial charge in [0.05, 0.1) is 0 Å². The molecular formula is C12H19N3O. The minimum Gasteiger partial charge on any atom is -0.341 e. The van der Waals surface area contributed by atoms with Crippen molar-refractivity contribution < 1.29 is 4.79 Å². The standard InChI is InChI=1S/C12H19N3O/c1-11-6-7-13-15(11)10-12(16)14-8-4-2-3-5-9-14/h6-7H,2-5,8-10H2,1H3. The molecule has 1 saturated heterocycles. The molecule has 1 aliphatic rings. The van der Waals surface area contributed by atoms with Crippen LogP contribution in [0.4, 0.5) is 0 Å². The molecule has 0 atom stereocenters. The zero-order valence-corrected chi connectivity index (χ0v) is 9.85. The third-order valence-electron chi connectivity index (χ3n) is 3.17. The molecule has 2 rings (SSSR count).